The summed E-state index contributed by atoms with van der Waals surface area (Å²) in [5.41, 5.74) is 1.01. The number of nitrogens with zero attached hydrogens (tertiary/aromatic N) is 1. The molecule has 0 amide bonds. The fourth-order valence-electron chi connectivity index (χ4n) is 2.66. The fourth-order valence-corrected chi connectivity index (χ4v) is 2.66. The summed E-state index contributed by atoms with van der Waals surface area (Å²) in [5.74, 6) is -0.0587. The van der Waals surface area contributed by atoms with E-state index < -0.39 is 0 Å². The molecule has 1 heterocycles. The van der Waals surface area contributed by atoms with Crippen LogP contribution in [0.1, 0.15) is 30.9 Å². The van der Waals surface area contributed by atoms with Gasteiger partial charge in [-0.05, 0) is 52.5 Å². The van der Waals surface area contributed by atoms with Gasteiger partial charge in [-0.2, -0.15) is 0 Å². The SMILES string of the molecule is CN(C)Cc1cc(F)cc(C2(C)CCCN2)c1O. The van der Waals surface area contributed by atoms with Crippen LogP contribution in [0.2, 0.25) is 0 Å². The molecule has 1 aromatic rings. The van der Waals surface area contributed by atoms with E-state index in [0.717, 1.165) is 19.4 Å². The number of hydrogen-bond donors (Lipinski definition) is 2. The van der Waals surface area contributed by atoms with Gasteiger partial charge >= 0.3 is 0 Å². The first kappa shape index (κ1) is 13.3. The molecule has 100 valence electrons. The van der Waals surface area contributed by atoms with Gasteiger partial charge in [0, 0.05) is 23.2 Å². The smallest absolute Gasteiger partial charge is 0.125 e. The van der Waals surface area contributed by atoms with Crippen molar-refractivity contribution in [2.75, 3.05) is 20.6 Å². The second kappa shape index (κ2) is 4.86. The number of phenolic OH excluding ortho intramolecular Hbond substituents is 1. The third kappa shape index (κ3) is 2.49. The Morgan fingerprint density at radius 2 is 2.17 bits per heavy atom. The quantitative estimate of drug-likeness (QED) is 0.865. The lowest BCUT2D eigenvalue weighted by Crippen LogP contribution is -2.33. The summed E-state index contributed by atoms with van der Waals surface area (Å²) in [6.45, 7) is 3.47. The molecule has 1 aromatic carbocycles. The molecule has 1 aliphatic heterocycles. The highest BCUT2D eigenvalue weighted by Gasteiger charge is 2.33. The van der Waals surface area contributed by atoms with Crippen LogP contribution >= 0.6 is 0 Å². The number of nitrogens with one attached hydrogen (secondary N) is 1. The minimum absolute atomic E-state index is 0.224. The fraction of sp³-hybridized carbons (Fsp3) is 0.571. The van der Waals surface area contributed by atoms with Crippen molar-refractivity contribution in [1.82, 2.24) is 10.2 Å². The van der Waals surface area contributed by atoms with E-state index in [1.807, 2.05) is 25.9 Å². The van der Waals surface area contributed by atoms with Crippen LogP contribution in [0.3, 0.4) is 0 Å². The zero-order chi connectivity index (χ0) is 13.3. The standard InChI is InChI=1S/C14H21FN2O/c1-14(5-4-6-16-14)12-8-11(15)7-10(13(12)18)9-17(2)3/h7-8,16,18H,4-6,9H2,1-3H3. The Balaban J connectivity index is 2.44. The van der Waals surface area contributed by atoms with Crippen LogP contribution in [0.4, 0.5) is 4.39 Å². The molecule has 18 heavy (non-hydrogen) atoms. The van der Waals surface area contributed by atoms with Gasteiger partial charge in [0.15, 0.2) is 0 Å². The Labute approximate surface area is 108 Å². The highest BCUT2D eigenvalue weighted by atomic mass is 19.1. The molecule has 3 nitrogen and oxygen atoms in total. The van der Waals surface area contributed by atoms with Gasteiger partial charge in [0.1, 0.15) is 11.6 Å². The maximum Gasteiger partial charge on any atom is 0.125 e. The molecule has 1 fully saturated rings. The van der Waals surface area contributed by atoms with Crippen LogP contribution in [0, 0.1) is 5.82 Å². The first-order chi connectivity index (χ1) is 8.42. The van der Waals surface area contributed by atoms with Crippen molar-refractivity contribution in [2.24, 2.45) is 0 Å². The minimum atomic E-state index is -0.312. The Hall–Kier alpha value is -1.13. The van der Waals surface area contributed by atoms with Crippen LogP contribution in [-0.2, 0) is 12.1 Å². The zero-order valence-electron chi connectivity index (χ0n) is 11.3. The van der Waals surface area contributed by atoms with Gasteiger partial charge in [-0.15, -0.1) is 0 Å². The van der Waals surface area contributed by atoms with Crippen molar-refractivity contribution in [3.8, 4) is 5.75 Å². The molecule has 0 aromatic heterocycles. The number of aromatic hydroxyl groups is 1. The largest absolute Gasteiger partial charge is 0.507 e. The van der Waals surface area contributed by atoms with Crippen molar-refractivity contribution >= 4 is 0 Å². The predicted molar refractivity (Wildman–Crippen MR) is 70.0 cm³/mol. The molecule has 0 spiro atoms. The molecule has 2 N–H and O–H groups in total. The summed E-state index contributed by atoms with van der Waals surface area (Å²) in [4.78, 5) is 1.92. The van der Waals surface area contributed by atoms with Crippen molar-refractivity contribution in [1.29, 1.82) is 0 Å². The van der Waals surface area contributed by atoms with Gasteiger partial charge in [-0.3, -0.25) is 0 Å². The van der Waals surface area contributed by atoms with Crippen LogP contribution in [0.15, 0.2) is 12.1 Å². The lowest BCUT2D eigenvalue weighted by atomic mass is 9.88. The van der Waals surface area contributed by atoms with E-state index in [1.54, 1.807) is 0 Å². The second-order valence-corrected chi connectivity index (χ2v) is 5.56. The van der Waals surface area contributed by atoms with E-state index in [4.69, 9.17) is 0 Å². The molecule has 2 rings (SSSR count). The lowest BCUT2D eigenvalue weighted by molar-refractivity contribution is 0.364. The molecule has 1 saturated heterocycles. The molecular formula is C14H21FN2O. The lowest BCUT2D eigenvalue weighted by Gasteiger charge is -2.27. The minimum Gasteiger partial charge on any atom is -0.507 e. The third-order valence-electron chi connectivity index (χ3n) is 3.60. The molecule has 0 aliphatic carbocycles. The maximum atomic E-state index is 13.7. The summed E-state index contributed by atoms with van der Waals surface area (Å²) >= 11 is 0. The van der Waals surface area contributed by atoms with Gasteiger partial charge in [0.2, 0.25) is 0 Å². The van der Waals surface area contributed by atoms with Crippen molar-refractivity contribution in [3.63, 3.8) is 0 Å². The van der Waals surface area contributed by atoms with Gasteiger partial charge in [0.25, 0.3) is 0 Å². The van der Waals surface area contributed by atoms with Crippen LogP contribution < -0.4 is 5.32 Å². The molecule has 1 atom stereocenters. The van der Waals surface area contributed by atoms with Gasteiger partial charge < -0.3 is 15.3 Å². The van der Waals surface area contributed by atoms with Crippen LogP contribution in [0.5, 0.6) is 5.75 Å². The first-order valence-corrected chi connectivity index (χ1v) is 6.34. The van der Waals surface area contributed by atoms with E-state index >= 15 is 0 Å². The van der Waals surface area contributed by atoms with E-state index in [2.05, 4.69) is 5.32 Å². The Morgan fingerprint density at radius 3 is 2.72 bits per heavy atom. The summed E-state index contributed by atoms with van der Waals surface area (Å²) in [6, 6.07) is 2.87. The summed E-state index contributed by atoms with van der Waals surface area (Å²) in [7, 11) is 3.80. The average Bonchev–Trinajstić information content (AvgIpc) is 2.70. The van der Waals surface area contributed by atoms with Crippen LogP contribution in [0.25, 0.3) is 0 Å². The Bertz CT molecular complexity index is 440. The molecule has 1 aliphatic rings. The average molecular weight is 252 g/mol. The number of halogens is 1. The molecular weight excluding hydrogens is 231 g/mol. The topological polar surface area (TPSA) is 35.5 Å². The highest BCUT2D eigenvalue weighted by Crippen LogP contribution is 2.38. The van der Waals surface area contributed by atoms with E-state index in [0.29, 0.717) is 17.7 Å². The van der Waals surface area contributed by atoms with Gasteiger partial charge in [-0.25, -0.2) is 4.39 Å². The Morgan fingerprint density at radius 1 is 1.44 bits per heavy atom. The van der Waals surface area contributed by atoms with Gasteiger partial charge in [-0.1, -0.05) is 0 Å². The summed E-state index contributed by atoms with van der Waals surface area (Å²) in [6.07, 6.45) is 1.97. The second-order valence-electron chi connectivity index (χ2n) is 5.56. The Kier molecular flexibility index (Phi) is 3.59. The number of hydrogen-bond acceptors (Lipinski definition) is 3. The predicted octanol–water partition coefficient (Wildman–Crippen LogP) is 2.19. The van der Waals surface area contributed by atoms with Crippen LogP contribution in [-0.4, -0.2) is 30.6 Å². The normalized spacial score (nSPS) is 23.8. The van der Waals surface area contributed by atoms with Crippen molar-refractivity contribution in [3.05, 3.63) is 29.1 Å². The van der Waals surface area contributed by atoms with E-state index in [1.165, 1.54) is 12.1 Å². The molecule has 0 radical (unpaired) electrons. The number of rotatable bonds is 3. The molecule has 0 saturated carbocycles. The van der Waals surface area contributed by atoms with E-state index in [9.17, 15) is 9.50 Å². The molecule has 1 unspecified atom stereocenters. The summed E-state index contributed by atoms with van der Waals surface area (Å²) < 4.78 is 13.7. The van der Waals surface area contributed by atoms with Crippen molar-refractivity contribution < 1.29 is 9.50 Å². The molecule has 4 heteroatoms. The monoisotopic (exact) mass is 252 g/mol. The van der Waals surface area contributed by atoms with Gasteiger partial charge in [0.05, 0.1) is 0 Å². The third-order valence-corrected chi connectivity index (χ3v) is 3.60. The number of phenols is 1. The zero-order valence-corrected chi connectivity index (χ0v) is 11.3. The highest BCUT2D eigenvalue weighted by molar-refractivity contribution is 5.45. The summed E-state index contributed by atoms with van der Waals surface area (Å²) in [5, 5.41) is 13.7. The van der Waals surface area contributed by atoms with E-state index in [-0.39, 0.29) is 17.1 Å². The maximum absolute atomic E-state index is 13.7. The van der Waals surface area contributed by atoms with Crippen molar-refractivity contribution in [2.45, 2.75) is 31.8 Å². The first-order valence-electron chi connectivity index (χ1n) is 6.34. The number of benzene rings is 1. The molecule has 0 bridgehead atoms.